The van der Waals surface area contributed by atoms with Crippen molar-refractivity contribution in [1.82, 2.24) is 10.3 Å². The second kappa shape index (κ2) is 9.82. The summed E-state index contributed by atoms with van der Waals surface area (Å²) in [5, 5.41) is 2.95. The number of aryl methyl sites for hydroxylation is 2. The van der Waals surface area contributed by atoms with Crippen LogP contribution in [-0.2, 0) is 6.54 Å². The second-order valence-corrected chi connectivity index (χ2v) is 9.22. The second-order valence-electron chi connectivity index (χ2n) is 8.30. The minimum Gasteiger partial charge on any atom is -0.369 e. The molecule has 1 aromatic carbocycles. The fraction of sp³-hybridized carbons (Fsp3) is 0.500. The maximum absolute atomic E-state index is 13.1. The first-order chi connectivity index (χ1) is 14.3. The molecule has 162 valence electrons. The average molecular weight is 474 g/mol. The van der Waals surface area contributed by atoms with Crippen LogP contribution in [0.5, 0.6) is 0 Å². The quantitative estimate of drug-likeness (QED) is 0.609. The molecular formula is C24H32BrN3O2. The molecular weight excluding hydrogens is 442 g/mol. The number of hydrogen-bond acceptors (Lipinski definition) is 3. The van der Waals surface area contributed by atoms with E-state index in [0.29, 0.717) is 17.2 Å². The van der Waals surface area contributed by atoms with Crippen molar-refractivity contribution in [1.29, 1.82) is 0 Å². The number of H-pyrrole nitrogens is 1. The molecule has 1 aliphatic carbocycles. The van der Waals surface area contributed by atoms with Crippen molar-refractivity contribution in [2.45, 2.75) is 72.4 Å². The summed E-state index contributed by atoms with van der Waals surface area (Å²) in [6.07, 6.45) is 6.27. The Labute approximate surface area is 187 Å². The summed E-state index contributed by atoms with van der Waals surface area (Å²) in [7, 11) is 0. The van der Waals surface area contributed by atoms with Gasteiger partial charge in [-0.05, 0) is 69.9 Å². The highest BCUT2D eigenvalue weighted by Crippen LogP contribution is 2.33. The zero-order valence-corrected chi connectivity index (χ0v) is 20.0. The molecule has 1 aromatic heterocycles. The van der Waals surface area contributed by atoms with Crippen molar-refractivity contribution in [2.24, 2.45) is 0 Å². The van der Waals surface area contributed by atoms with E-state index in [0.717, 1.165) is 33.5 Å². The largest absolute Gasteiger partial charge is 0.369 e. The lowest BCUT2D eigenvalue weighted by Crippen LogP contribution is -2.37. The van der Waals surface area contributed by atoms with Gasteiger partial charge in [-0.15, -0.1) is 0 Å². The minimum absolute atomic E-state index is 0.145. The van der Waals surface area contributed by atoms with Crippen LogP contribution in [0.25, 0.3) is 0 Å². The summed E-state index contributed by atoms with van der Waals surface area (Å²) >= 11 is 3.60. The molecule has 2 N–H and O–H groups in total. The maximum atomic E-state index is 13.1. The first-order valence-corrected chi connectivity index (χ1v) is 11.7. The fourth-order valence-corrected chi connectivity index (χ4v) is 5.03. The zero-order valence-electron chi connectivity index (χ0n) is 18.4. The summed E-state index contributed by atoms with van der Waals surface area (Å²) < 4.78 is 0.895. The number of amides is 1. The number of halogens is 1. The third-order valence-corrected chi connectivity index (χ3v) is 6.63. The van der Waals surface area contributed by atoms with Gasteiger partial charge in [-0.2, -0.15) is 0 Å². The summed E-state index contributed by atoms with van der Waals surface area (Å²) in [5.74, 6) is -0.158. The van der Waals surface area contributed by atoms with E-state index in [1.54, 1.807) is 0 Å². The topological polar surface area (TPSA) is 65.2 Å². The summed E-state index contributed by atoms with van der Waals surface area (Å²) in [4.78, 5) is 30.6. The number of hydrogen-bond donors (Lipinski definition) is 2. The van der Waals surface area contributed by atoms with Crippen molar-refractivity contribution >= 4 is 27.5 Å². The third kappa shape index (κ3) is 4.97. The van der Waals surface area contributed by atoms with Crippen LogP contribution in [0.1, 0.15) is 71.8 Å². The molecule has 1 fully saturated rings. The number of rotatable bonds is 6. The monoisotopic (exact) mass is 473 g/mol. The van der Waals surface area contributed by atoms with Crippen molar-refractivity contribution in [3.63, 3.8) is 0 Å². The van der Waals surface area contributed by atoms with Gasteiger partial charge in [0, 0.05) is 46.1 Å². The maximum Gasteiger partial charge on any atom is 0.253 e. The number of benzene rings is 1. The Morgan fingerprint density at radius 2 is 1.87 bits per heavy atom. The first-order valence-electron chi connectivity index (χ1n) is 10.9. The smallest absolute Gasteiger partial charge is 0.253 e. The molecule has 6 heteroatoms. The molecule has 0 saturated heterocycles. The number of carbonyl (C=O) groups is 1. The van der Waals surface area contributed by atoms with E-state index < -0.39 is 0 Å². The van der Waals surface area contributed by atoms with Crippen molar-refractivity contribution < 1.29 is 4.79 Å². The van der Waals surface area contributed by atoms with Crippen molar-refractivity contribution in [3.05, 3.63) is 61.0 Å². The Hall–Kier alpha value is -2.08. The van der Waals surface area contributed by atoms with Gasteiger partial charge in [0.2, 0.25) is 0 Å². The van der Waals surface area contributed by atoms with Crippen molar-refractivity contribution in [2.75, 3.05) is 11.4 Å². The zero-order chi connectivity index (χ0) is 21.8. The van der Waals surface area contributed by atoms with E-state index in [9.17, 15) is 9.59 Å². The first kappa shape index (κ1) is 22.6. The van der Waals surface area contributed by atoms with E-state index in [1.165, 1.54) is 32.1 Å². The predicted molar refractivity (Wildman–Crippen MR) is 126 cm³/mol. The molecule has 0 bridgehead atoms. The standard InChI is InChI=1S/C24H32BrN3O2/c1-5-28(19-9-7-6-8-10-19)22-13-18(25)12-20(17(22)4)23(29)26-14-21-15(2)11-16(3)27-24(21)30/h11-13,19H,5-10,14H2,1-4H3,(H,26,29)(H,27,30). The number of aromatic nitrogens is 1. The lowest BCUT2D eigenvalue weighted by Gasteiger charge is -2.36. The average Bonchev–Trinajstić information content (AvgIpc) is 2.70. The van der Waals surface area contributed by atoms with Gasteiger partial charge in [-0.1, -0.05) is 35.2 Å². The van der Waals surface area contributed by atoms with Crippen LogP contribution in [0.2, 0.25) is 0 Å². The van der Waals surface area contributed by atoms with Gasteiger partial charge < -0.3 is 15.2 Å². The minimum atomic E-state index is -0.158. The molecule has 0 unspecified atom stereocenters. The fourth-order valence-electron chi connectivity index (χ4n) is 4.58. The van der Waals surface area contributed by atoms with Crippen LogP contribution in [0.4, 0.5) is 5.69 Å². The Bertz CT molecular complexity index is 977. The summed E-state index contributed by atoms with van der Waals surface area (Å²) in [6, 6.07) is 6.45. The van der Waals surface area contributed by atoms with E-state index in [1.807, 2.05) is 32.9 Å². The summed E-state index contributed by atoms with van der Waals surface area (Å²) in [6.45, 7) is 9.08. The van der Waals surface area contributed by atoms with Crippen molar-refractivity contribution in [3.8, 4) is 0 Å². The molecule has 0 atom stereocenters. The van der Waals surface area contributed by atoms with Crippen LogP contribution in [0.3, 0.4) is 0 Å². The van der Waals surface area contributed by atoms with Crippen LogP contribution in [0.15, 0.2) is 27.5 Å². The SMILES string of the molecule is CCN(c1cc(Br)cc(C(=O)NCc2c(C)cc(C)[nH]c2=O)c1C)C1CCCCC1. The molecule has 1 aliphatic rings. The molecule has 1 heterocycles. The summed E-state index contributed by atoms with van der Waals surface area (Å²) in [5.41, 5.74) is 4.91. The van der Waals surface area contributed by atoms with E-state index in [4.69, 9.17) is 0 Å². The van der Waals surface area contributed by atoms with E-state index in [2.05, 4.69) is 44.1 Å². The Kier molecular flexibility index (Phi) is 7.40. The van der Waals surface area contributed by atoms with Gasteiger partial charge in [0.05, 0.1) is 0 Å². The van der Waals surface area contributed by atoms with Gasteiger partial charge in [0.25, 0.3) is 11.5 Å². The molecule has 2 aromatic rings. The van der Waals surface area contributed by atoms with Gasteiger partial charge >= 0.3 is 0 Å². The van der Waals surface area contributed by atoms with Gasteiger partial charge in [-0.3, -0.25) is 9.59 Å². The lowest BCUT2D eigenvalue weighted by molar-refractivity contribution is 0.0950. The van der Waals surface area contributed by atoms with Crippen LogP contribution in [0, 0.1) is 20.8 Å². The van der Waals surface area contributed by atoms with Crippen LogP contribution in [-0.4, -0.2) is 23.5 Å². The predicted octanol–water partition coefficient (Wildman–Crippen LogP) is 5.15. The van der Waals surface area contributed by atoms with Crippen LogP contribution >= 0.6 is 15.9 Å². The molecule has 1 amide bonds. The highest BCUT2D eigenvalue weighted by Gasteiger charge is 2.24. The molecule has 1 saturated carbocycles. The highest BCUT2D eigenvalue weighted by atomic mass is 79.9. The third-order valence-electron chi connectivity index (χ3n) is 6.17. The van der Waals surface area contributed by atoms with Gasteiger partial charge in [-0.25, -0.2) is 0 Å². The molecule has 3 rings (SSSR count). The Morgan fingerprint density at radius 1 is 1.17 bits per heavy atom. The van der Waals surface area contributed by atoms with Crippen LogP contribution < -0.4 is 15.8 Å². The number of carbonyl (C=O) groups excluding carboxylic acids is 1. The molecule has 0 radical (unpaired) electrons. The molecule has 0 spiro atoms. The number of anilines is 1. The molecule has 5 nitrogen and oxygen atoms in total. The van der Waals surface area contributed by atoms with E-state index >= 15 is 0 Å². The molecule has 30 heavy (non-hydrogen) atoms. The molecule has 0 aliphatic heterocycles. The normalized spacial score (nSPS) is 14.6. The number of nitrogens with one attached hydrogen (secondary N) is 2. The van der Waals surface area contributed by atoms with Gasteiger partial charge in [0.15, 0.2) is 0 Å². The Balaban J connectivity index is 1.85. The van der Waals surface area contributed by atoms with Gasteiger partial charge in [0.1, 0.15) is 0 Å². The Morgan fingerprint density at radius 3 is 2.50 bits per heavy atom. The highest BCUT2D eigenvalue weighted by molar-refractivity contribution is 9.10. The van der Waals surface area contributed by atoms with E-state index in [-0.39, 0.29) is 18.0 Å². The number of pyridine rings is 1. The number of aromatic amines is 1. The lowest BCUT2D eigenvalue weighted by atomic mass is 9.93. The number of nitrogens with zero attached hydrogens (tertiary/aromatic N) is 1.